The fourth-order valence-electron chi connectivity index (χ4n) is 3.40. The molecule has 1 saturated carbocycles. The van der Waals surface area contributed by atoms with Crippen molar-refractivity contribution in [3.8, 4) is 0 Å². The van der Waals surface area contributed by atoms with Gasteiger partial charge in [0.2, 0.25) is 0 Å². The van der Waals surface area contributed by atoms with E-state index < -0.39 is 0 Å². The highest BCUT2D eigenvalue weighted by Crippen LogP contribution is 2.41. The Balaban J connectivity index is 2.12. The number of rotatable bonds is 5. The van der Waals surface area contributed by atoms with E-state index in [-0.39, 0.29) is 0 Å². The number of hydrogen-bond donors (Lipinski definition) is 1. The number of hydrogen-bond acceptors (Lipinski definition) is 1. The zero-order valence-electron chi connectivity index (χ0n) is 13.1. The molecule has 3 atom stereocenters. The zero-order chi connectivity index (χ0) is 14.5. The van der Waals surface area contributed by atoms with Crippen molar-refractivity contribution in [1.82, 2.24) is 5.32 Å². The summed E-state index contributed by atoms with van der Waals surface area (Å²) in [7, 11) is 0. The Kier molecular flexibility index (Phi) is 5.92. The predicted molar refractivity (Wildman–Crippen MR) is 88.6 cm³/mol. The summed E-state index contributed by atoms with van der Waals surface area (Å²) in [6, 6.07) is 6.66. The Labute approximate surface area is 129 Å². The second-order valence-electron chi connectivity index (χ2n) is 6.50. The highest BCUT2D eigenvalue weighted by Gasteiger charge is 2.29. The lowest BCUT2D eigenvalue weighted by Gasteiger charge is -2.35. The van der Waals surface area contributed by atoms with Crippen molar-refractivity contribution in [1.29, 1.82) is 0 Å². The molecule has 0 aliphatic heterocycles. The van der Waals surface area contributed by atoms with Gasteiger partial charge in [-0.15, -0.1) is 0 Å². The summed E-state index contributed by atoms with van der Waals surface area (Å²) in [5.74, 6) is 2.26. The molecule has 0 amide bonds. The monoisotopic (exact) mass is 293 g/mol. The molecule has 1 aromatic rings. The van der Waals surface area contributed by atoms with Crippen LogP contribution in [0.25, 0.3) is 0 Å². The molecule has 0 bridgehead atoms. The lowest BCUT2D eigenvalue weighted by molar-refractivity contribution is 0.242. The number of halogens is 1. The van der Waals surface area contributed by atoms with Gasteiger partial charge >= 0.3 is 0 Å². The topological polar surface area (TPSA) is 12.0 Å². The Morgan fingerprint density at radius 3 is 2.80 bits per heavy atom. The van der Waals surface area contributed by atoms with Crippen LogP contribution in [0.4, 0.5) is 0 Å². The third-order valence-electron chi connectivity index (χ3n) is 4.71. The molecule has 1 N–H and O–H groups in total. The van der Waals surface area contributed by atoms with Crippen LogP contribution < -0.4 is 5.32 Å². The fourth-order valence-corrected chi connectivity index (χ4v) is 3.59. The van der Waals surface area contributed by atoms with E-state index in [1.54, 1.807) is 0 Å². The number of nitrogens with one attached hydrogen (secondary N) is 1. The lowest BCUT2D eigenvalue weighted by Crippen LogP contribution is -2.32. The number of benzene rings is 1. The van der Waals surface area contributed by atoms with Gasteiger partial charge in [0.25, 0.3) is 0 Å². The van der Waals surface area contributed by atoms with Crippen LogP contribution in [0.3, 0.4) is 0 Å². The van der Waals surface area contributed by atoms with Crippen LogP contribution in [0, 0.1) is 18.8 Å². The Bertz CT molecular complexity index is 429. The summed E-state index contributed by atoms with van der Waals surface area (Å²) in [6.07, 6.45) is 5.23. The highest BCUT2D eigenvalue weighted by atomic mass is 35.5. The molecule has 20 heavy (non-hydrogen) atoms. The first-order valence-electron chi connectivity index (χ1n) is 8.08. The van der Waals surface area contributed by atoms with E-state index in [9.17, 15) is 0 Å². The molecule has 1 nitrogen and oxygen atoms in total. The second kappa shape index (κ2) is 7.47. The quantitative estimate of drug-likeness (QED) is 0.739. The van der Waals surface area contributed by atoms with Crippen LogP contribution in [0.15, 0.2) is 18.2 Å². The lowest BCUT2D eigenvalue weighted by atomic mass is 9.71. The molecule has 1 fully saturated rings. The van der Waals surface area contributed by atoms with Crippen molar-refractivity contribution in [2.24, 2.45) is 11.8 Å². The number of aryl methyl sites for hydroxylation is 1. The molecule has 0 radical (unpaired) electrons. The summed E-state index contributed by atoms with van der Waals surface area (Å²) >= 11 is 6.33. The van der Waals surface area contributed by atoms with Gasteiger partial charge in [0, 0.05) is 5.02 Å². The van der Waals surface area contributed by atoms with Crippen LogP contribution in [0.1, 0.15) is 56.6 Å². The minimum atomic E-state index is 0.668. The minimum Gasteiger partial charge on any atom is -0.316 e. The molecule has 1 aromatic carbocycles. The SMILES string of the molecule is CCCNCC1CCC(C)CC1c1ccc(C)c(Cl)c1. The summed E-state index contributed by atoms with van der Waals surface area (Å²) in [4.78, 5) is 0. The van der Waals surface area contributed by atoms with Gasteiger partial charge in [-0.25, -0.2) is 0 Å². The molecule has 0 aromatic heterocycles. The molecule has 2 rings (SSSR count). The van der Waals surface area contributed by atoms with Crippen molar-refractivity contribution < 1.29 is 0 Å². The molecule has 1 aliphatic carbocycles. The van der Waals surface area contributed by atoms with E-state index in [1.165, 1.54) is 36.8 Å². The molecule has 3 unspecified atom stereocenters. The average molecular weight is 294 g/mol. The first-order chi connectivity index (χ1) is 9.61. The van der Waals surface area contributed by atoms with Crippen molar-refractivity contribution in [3.63, 3.8) is 0 Å². The highest BCUT2D eigenvalue weighted by molar-refractivity contribution is 6.31. The normalized spacial score (nSPS) is 26.7. The fraction of sp³-hybridized carbons (Fsp3) is 0.667. The van der Waals surface area contributed by atoms with Crippen molar-refractivity contribution in [2.45, 2.75) is 52.4 Å². The summed E-state index contributed by atoms with van der Waals surface area (Å²) in [6.45, 7) is 8.98. The van der Waals surface area contributed by atoms with E-state index in [4.69, 9.17) is 11.6 Å². The maximum atomic E-state index is 6.33. The van der Waals surface area contributed by atoms with Crippen molar-refractivity contribution in [3.05, 3.63) is 34.3 Å². The molecule has 0 saturated heterocycles. The Morgan fingerprint density at radius 1 is 1.30 bits per heavy atom. The Morgan fingerprint density at radius 2 is 2.10 bits per heavy atom. The summed E-state index contributed by atoms with van der Waals surface area (Å²) < 4.78 is 0. The van der Waals surface area contributed by atoms with Gasteiger partial charge in [0.1, 0.15) is 0 Å². The third kappa shape index (κ3) is 3.99. The molecular weight excluding hydrogens is 266 g/mol. The molecule has 0 heterocycles. The molecule has 2 heteroatoms. The van der Waals surface area contributed by atoms with Crippen LogP contribution in [-0.2, 0) is 0 Å². The van der Waals surface area contributed by atoms with Gasteiger partial charge in [0.15, 0.2) is 0 Å². The van der Waals surface area contributed by atoms with E-state index in [1.807, 2.05) is 0 Å². The maximum Gasteiger partial charge on any atom is 0.0438 e. The largest absolute Gasteiger partial charge is 0.316 e. The standard InChI is InChI=1S/C18H28ClN/c1-4-9-20-12-16-7-5-13(2)10-17(16)15-8-6-14(3)18(19)11-15/h6,8,11,13,16-17,20H,4-5,7,9-10,12H2,1-3H3. The van der Waals surface area contributed by atoms with E-state index in [2.05, 4.69) is 44.3 Å². The van der Waals surface area contributed by atoms with E-state index in [0.717, 1.165) is 29.9 Å². The first-order valence-corrected chi connectivity index (χ1v) is 8.46. The van der Waals surface area contributed by atoms with Gasteiger partial charge in [-0.1, -0.05) is 44.0 Å². The zero-order valence-corrected chi connectivity index (χ0v) is 13.8. The van der Waals surface area contributed by atoms with Crippen LogP contribution in [0.2, 0.25) is 5.02 Å². The van der Waals surface area contributed by atoms with Gasteiger partial charge < -0.3 is 5.32 Å². The molecule has 112 valence electrons. The van der Waals surface area contributed by atoms with Crippen molar-refractivity contribution in [2.75, 3.05) is 13.1 Å². The maximum absolute atomic E-state index is 6.33. The summed E-state index contributed by atoms with van der Waals surface area (Å²) in [5, 5.41) is 4.53. The van der Waals surface area contributed by atoms with Crippen LogP contribution >= 0.6 is 11.6 Å². The second-order valence-corrected chi connectivity index (χ2v) is 6.90. The minimum absolute atomic E-state index is 0.668. The smallest absolute Gasteiger partial charge is 0.0438 e. The Hall–Kier alpha value is -0.530. The van der Waals surface area contributed by atoms with E-state index >= 15 is 0 Å². The van der Waals surface area contributed by atoms with Crippen LogP contribution in [-0.4, -0.2) is 13.1 Å². The van der Waals surface area contributed by atoms with Crippen molar-refractivity contribution >= 4 is 11.6 Å². The van der Waals surface area contributed by atoms with Crippen LogP contribution in [0.5, 0.6) is 0 Å². The first kappa shape index (κ1) is 15.9. The van der Waals surface area contributed by atoms with Gasteiger partial charge in [-0.05, 0) is 74.2 Å². The van der Waals surface area contributed by atoms with Gasteiger partial charge in [-0.2, -0.15) is 0 Å². The predicted octanol–water partition coefficient (Wildman–Crippen LogP) is 5.17. The molecule has 0 spiro atoms. The van der Waals surface area contributed by atoms with Gasteiger partial charge in [-0.3, -0.25) is 0 Å². The van der Waals surface area contributed by atoms with Gasteiger partial charge in [0.05, 0.1) is 0 Å². The van der Waals surface area contributed by atoms with E-state index in [0.29, 0.717) is 5.92 Å². The average Bonchev–Trinajstić information content (AvgIpc) is 2.44. The third-order valence-corrected chi connectivity index (χ3v) is 5.12. The summed E-state index contributed by atoms with van der Waals surface area (Å²) in [5.41, 5.74) is 2.62. The molecular formula is C18H28ClN. The molecule has 1 aliphatic rings.